The van der Waals surface area contributed by atoms with Gasteiger partial charge in [0.25, 0.3) is 0 Å². The molecule has 0 saturated carbocycles. The summed E-state index contributed by atoms with van der Waals surface area (Å²) in [5, 5.41) is 37.3. The zero-order valence-corrected chi connectivity index (χ0v) is 17.7. The smallest absolute Gasteiger partial charge is 0.159 e. The lowest BCUT2D eigenvalue weighted by Gasteiger charge is -2.22. The molecule has 0 bridgehead atoms. The first-order chi connectivity index (χ1) is 14.3. The number of phenols is 2. The zero-order chi connectivity index (χ0) is 22.1. The fourth-order valence-electron chi connectivity index (χ4n) is 2.99. The Morgan fingerprint density at radius 2 is 1.97 bits per heavy atom. The van der Waals surface area contributed by atoms with E-state index in [2.05, 4.69) is 0 Å². The van der Waals surface area contributed by atoms with Gasteiger partial charge in [0.1, 0.15) is 28.9 Å². The van der Waals surface area contributed by atoms with Crippen LogP contribution in [-0.4, -0.2) is 52.3 Å². The zero-order valence-electron chi connectivity index (χ0n) is 17.0. The highest BCUT2D eigenvalue weighted by molar-refractivity contribution is 6.33. The number of ether oxygens (including phenoxy) is 3. The molecular formula is C21H29ClO8. The van der Waals surface area contributed by atoms with Crippen molar-refractivity contribution in [3.63, 3.8) is 0 Å². The van der Waals surface area contributed by atoms with Crippen molar-refractivity contribution in [2.24, 2.45) is 5.92 Å². The molecule has 1 aromatic rings. The maximum absolute atomic E-state index is 10.6. The van der Waals surface area contributed by atoms with E-state index in [1.807, 2.05) is 6.92 Å². The summed E-state index contributed by atoms with van der Waals surface area (Å²) in [7, 11) is 0. The predicted molar refractivity (Wildman–Crippen MR) is 110 cm³/mol. The van der Waals surface area contributed by atoms with Crippen molar-refractivity contribution >= 4 is 17.4 Å². The van der Waals surface area contributed by atoms with E-state index in [-0.39, 0.29) is 58.2 Å². The number of aromatic hydroxyl groups is 2. The molecule has 30 heavy (non-hydrogen) atoms. The molecule has 168 valence electrons. The second-order valence-corrected chi connectivity index (χ2v) is 7.56. The van der Waals surface area contributed by atoms with Gasteiger partial charge in [-0.3, -0.25) is 4.79 Å². The maximum atomic E-state index is 10.6. The molecule has 1 aliphatic carbocycles. The van der Waals surface area contributed by atoms with Crippen LogP contribution in [0.25, 0.3) is 0 Å². The Morgan fingerprint density at radius 1 is 1.20 bits per heavy atom. The number of halogens is 1. The largest absolute Gasteiger partial charge is 0.512 e. The number of hydrogen-bond acceptors (Lipinski definition) is 8. The Bertz CT molecular complexity index is 743. The number of ketones is 1. The number of rotatable bonds is 6. The van der Waals surface area contributed by atoms with Crippen molar-refractivity contribution in [1.29, 1.82) is 0 Å². The van der Waals surface area contributed by atoms with Gasteiger partial charge in [-0.1, -0.05) is 18.5 Å². The van der Waals surface area contributed by atoms with Gasteiger partial charge in [0.15, 0.2) is 12.1 Å². The van der Waals surface area contributed by atoms with Gasteiger partial charge in [-0.05, 0) is 25.7 Å². The Hall–Kier alpha value is -2.00. The van der Waals surface area contributed by atoms with Crippen LogP contribution in [0.2, 0.25) is 5.02 Å². The van der Waals surface area contributed by atoms with Gasteiger partial charge in [0, 0.05) is 31.1 Å². The molecule has 2 aliphatic rings. The number of carbonyl (C=O) groups excluding carboxylic acids is 1. The number of aliphatic hydroxyl groups excluding tert-OH is 2. The van der Waals surface area contributed by atoms with Crippen LogP contribution < -0.4 is 4.74 Å². The van der Waals surface area contributed by atoms with Crippen molar-refractivity contribution in [2.45, 2.75) is 51.9 Å². The summed E-state index contributed by atoms with van der Waals surface area (Å²) < 4.78 is 16.3. The lowest BCUT2D eigenvalue weighted by molar-refractivity contribution is -0.165. The van der Waals surface area contributed by atoms with Gasteiger partial charge in [-0.2, -0.15) is 0 Å². The van der Waals surface area contributed by atoms with E-state index in [0.29, 0.717) is 19.6 Å². The lowest BCUT2D eigenvalue weighted by Crippen LogP contribution is -2.24. The average molecular weight is 445 g/mol. The molecule has 9 heteroatoms. The molecule has 1 fully saturated rings. The van der Waals surface area contributed by atoms with Crippen molar-refractivity contribution in [3.8, 4) is 17.2 Å². The Labute approximate surface area is 180 Å². The SMILES string of the molecule is C[C@@H]1CCC(=O)C=C1O.OCc1c(OCCOC2CCCCO2)cc(O)c(Cl)c1O. The molecule has 2 atom stereocenters. The first kappa shape index (κ1) is 24.3. The number of phenolic OH excluding ortho intramolecular Hbond substituents is 1. The lowest BCUT2D eigenvalue weighted by atomic mass is 9.95. The van der Waals surface area contributed by atoms with E-state index < -0.39 is 6.61 Å². The molecule has 0 aromatic heterocycles. The summed E-state index contributed by atoms with van der Waals surface area (Å²) in [5.41, 5.74) is 0.131. The third-order valence-electron chi connectivity index (χ3n) is 4.86. The Morgan fingerprint density at radius 3 is 2.57 bits per heavy atom. The van der Waals surface area contributed by atoms with Gasteiger partial charge in [-0.25, -0.2) is 0 Å². The van der Waals surface area contributed by atoms with Crippen LogP contribution in [0.15, 0.2) is 17.9 Å². The summed E-state index contributed by atoms with van der Waals surface area (Å²) in [4.78, 5) is 10.6. The first-order valence-electron chi connectivity index (χ1n) is 9.97. The average Bonchev–Trinajstić information content (AvgIpc) is 2.74. The van der Waals surface area contributed by atoms with Crippen LogP contribution >= 0.6 is 11.6 Å². The fraction of sp³-hybridized carbons (Fsp3) is 0.571. The van der Waals surface area contributed by atoms with E-state index in [9.17, 15) is 20.1 Å². The van der Waals surface area contributed by atoms with Gasteiger partial charge in [0.05, 0.1) is 24.5 Å². The second kappa shape index (κ2) is 12.0. The minimum Gasteiger partial charge on any atom is -0.512 e. The van der Waals surface area contributed by atoms with Crippen LogP contribution in [0.3, 0.4) is 0 Å². The highest BCUT2D eigenvalue weighted by atomic mass is 35.5. The molecule has 1 aromatic carbocycles. The predicted octanol–water partition coefficient (Wildman–Crippen LogP) is 3.59. The Balaban J connectivity index is 0.000000297. The van der Waals surface area contributed by atoms with Gasteiger partial charge >= 0.3 is 0 Å². The molecule has 0 radical (unpaired) electrons. The highest BCUT2D eigenvalue weighted by Crippen LogP contribution is 2.41. The monoisotopic (exact) mass is 444 g/mol. The maximum Gasteiger partial charge on any atom is 0.159 e. The summed E-state index contributed by atoms with van der Waals surface area (Å²) in [6.07, 6.45) is 5.51. The minimum atomic E-state index is -0.451. The molecule has 8 nitrogen and oxygen atoms in total. The second-order valence-electron chi connectivity index (χ2n) is 7.18. The molecule has 1 heterocycles. The van der Waals surface area contributed by atoms with Gasteiger partial charge in [-0.15, -0.1) is 0 Å². The molecular weight excluding hydrogens is 416 g/mol. The van der Waals surface area contributed by atoms with Crippen LogP contribution in [0, 0.1) is 5.92 Å². The van der Waals surface area contributed by atoms with Crippen LogP contribution in [0.5, 0.6) is 17.2 Å². The fourth-order valence-corrected chi connectivity index (χ4v) is 3.16. The topological polar surface area (TPSA) is 126 Å². The molecule has 1 saturated heterocycles. The molecule has 0 amide bonds. The highest BCUT2D eigenvalue weighted by Gasteiger charge is 2.18. The van der Waals surface area contributed by atoms with E-state index >= 15 is 0 Å². The molecule has 1 unspecified atom stereocenters. The summed E-state index contributed by atoms with van der Waals surface area (Å²) in [6, 6.07) is 1.25. The van der Waals surface area contributed by atoms with E-state index in [4.69, 9.17) is 30.9 Å². The van der Waals surface area contributed by atoms with E-state index in [1.165, 1.54) is 12.1 Å². The third kappa shape index (κ3) is 7.05. The van der Waals surface area contributed by atoms with Crippen LogP contribution in [0.1, 0.15) is 44.6 Å². The summed E-state index contributed by atoms with van der Waals surface area (Å²) in [5.74, 6) is -0.0480. The Kier molecular flexibility index (Phi) is 9.71. The molecule has 1 aliphatic heterocycles. The quantitative estimate of drug-likeness (QED) is 0.490. The standard InChI is InChI=1S/C14H19ClO6.C7H10O2/c15-13-10(17)7-11(9(8-16)14(13)18)19-5-6-21-12-3-1-2-4-20-12;1-5-2-3-6(8)4-7(5)9/h7,12,16-18H,1-6,8H2;4-5,9H,2-3H2,1H3/t;5-/m.1/s1. The van der Waals surface area contributed by atoms with Crippen molar-refractivity contribution < 1.29 is 39.4 Å². The third-order valence-corrected chi connectivity index (χ3v) is 5.23. The van der Waals surface area contributed by atoms with Crippen LogP contribution in [-0.2, 0) is 20.9 Å². The number of hydrogen-bond donors (Lipinski definition) is 4. The molecule has 3 rings (SSSR count). The molecule has 4 N–H and O–H groups in total. The van der Waals surface area contributed by atoms with Gasteiger partial charge < -0.3 is 34.6 Å². The number of aliphatic hydroxyl groups is 2. The number of allylic oxidation sites excluding steroid dienone is 2. The molecule has 0 spiro atoms. The van der Waals surface area contributed by atoms with Crippen molar-refractivity contribution in [2.75, 3.05) is 19.8 Å². The van der Waals surface area contributed by atoms with Crippen molar-refractivity contribution in [1.82, 2.24) is 0 Å². The normalized spacial score (nSPS) is 21.4. The van der Waals surface area contributed by atoms with Gasteiger partial charge in [0.2, 0.25) is 0 Å². The minimum absolute atomic E-state index is 0.0469. The van der Waals surface area contributed by atoms with Crippen molar-refractivity contribution in [3.05, 3.63) is 28.5 Å². The first-order valence-corrected chi connectivity index (χ1v) is 10.3. The van der Waals surface area contributed by atoms with E-state index in [1.54, 1.807) is 0 Å². The van der Waals surface area contributed by atoms with E-state index in [0.717, 1.165) is 25.7 Å². The number of carbonyl (C=O) groups is 1. The van der Waals surface area contributed by atoms with Crippen LogP contribution in [0.4, 0.5) is 0 Å². The summed E-state index contributed by atoms with van der Waals surface area (Å²) in [6.45, 7) is 2.68. The number of benzene rings is 1. The summed E-state index contributed by atoms with van der Waals surface area (Å²) >= 11 is 5.69.